The number of amides is 1. The summed E-state index contributed by atoms with van der Waals surface area (Å²) in [6.07, 6.45) is 7.50. The van der Waals surface area contributed by atoms with E-state index in [1.54, 1.807) is 6.33 Å². The number of aliphatic hydroxyl groups is 1. The maximum atomic E-state index is 12.3. The first-order valence-corrected chi connectivity index (χ1v) is 7.22. The molecule has 104 valence electrons. The highest BCUT2D eigenvalue weighted by Crippen LogP contribution is 2.24. The van der Waals surface area contributed by atoms with Crippen LogP contribution in [0.4, 0.5) is 0 Å². The molecular weight excluding hydrogens is 242 g/mol. The summed E-state index contributed by atoms with van der Waals surface area (Å²) in [5.41, 5.74) is 2.23. The summed E-state index contributed by atoms with van der Waals surface area (Å²) in [6, 6.07) is 0.249. The summed E-state index contributed by atoms with van der Waals surface area (Å²) in [7, 11) is 0. The normalized spacial score (nSPS) is 30.7. The van der Waals surface area contributed by atoms with Crippen molar-refractivity contribution >= 4 is 5.91 Å². The molecule has 0 saturated heterocycles. The predicted molar refractivity (Wildman–Crippen MR) is 70.5 cm³/mol. The summed E-state index contributed by atoms with van der Waals surface area (Å²) in [5.74, 6) is 0.237. The van der Waals surface area contributed by atoms with Gasteiger partial charge in [0.15, 0.2) is 0 Å². The average Bonchev–Trinajstić information content (AvgIpc) is 2.88. The molecule has 5 nitrogen and oxygen atoms in total. The topological polar surface area (TPSA) is 78.0 Å². The lowest BCUT2D eigenvalue weighted by Gasteiger charge is -2.28. The average molecular weight is 263 g/mol. The molecule has 0 aliphatic heterocycles. The van der Waals surface area contributed by atoms with Gasteiger partial charge in [-0.2, -0.15) is 0 Å². The summed E-state index contributed by atoms with van der Waals surface area (Å²) >= 11 is 0. The Balaban J connectivity index is 1.54. The molecule has 3 N–H and O–H groups in total. The Morgan fingerprint density at radius 2 is 2.11 bits per heavy atom. The van der Waals surface area contributed by atoms with Crippen molar-refractivity contribution in [3.05, 3.63) is 17.7 Å². The zero-order chi connectivity index (χ0) is 13.2. The van der Waals surface area contributed by atoms with Crippen LogP contribution in [0.3, 0.4) is 0 Å². The molecule has 0 radical (unpaired) electrons. The Morgan fingerprint density at radius 1 is 1.32 bits per heavy atom. The monoisotopic (exact) mass is 263 g/mol. The molecular formula is C14H21N3O2. The van der Waals surface area contributed by atoms with Gasteiger partial charge < -0.3 is 15.4 Å². The molecule has 1 fully saturated rings. The van der Waals surface area contributed by atoms with Crippen molar-refractivity contribution in [1.82, 2.24) is 15.3 Å². The van der Waals surface area contributed by atoms with Crippen LogP contribution in [0.5, 0.6) is 0 Å². The number of aryl methyl sites for hydroxylation is 1. The third-order valence-corrected chi connectivity index (χ3v) is 4.40. The molecule has 1 aromatic rings. The first kappa shape index (κ1) is 12.7. The van der Waals surface area contributed by atoms with Crippen LogP contribution in [0.1, 0.15) is 43.5 Å². The number of carbonyl (C=O) groups excluding carboxylic acids is 1. The highest BCUT2D eigenvalue weighted by molar-refractivity contribution is 5.79. The molecule has 2 aliphatic rings. The fraction of sp³-hybridized carbons (Fsp3) is 0.714. The first-order chi connectivity index (χ1) is 9.22. The van der Waals surface area contributed by atoms with E-state index in [1.165, 1.54) is 0 Å². The summed E-state index contributed by atoms with van der Waals surface area (Å²) in [6.45, 7) is 0. The highest BCUT2D eigenvalue weighted by Gasteiger charge is 2.28. The number of aromatic amines is 1. The van der Waals surface area contributed by atoms with Crippen molar-refractivity contribution < 1.29 is 9.90 Å². The van der Waals surface area contributed by atoms with Crippen molar-refractivity contribution in [1.29, 1.82) is 0 Å². The van der Waals surface area contributed by atoms with E-state index in [1.807, 2.05) is 0 Å². The van der Waals surface area contributed by atoms with Gasteiger partial charge in [0.25, 0.3) is 0 Å². The zero-order valence-electron chi connectivity index (χ0n) is 11.1. The van der Waals surface area contributed by atoms with E-state index in [4.69, 9.17) is 0 Å². The molecule has 19 heavy (non-hydrogen) atoms. The van der Waals surface area contributed by atoms with Crippen LogP contribution in [0.2, 0.25) is 0 Å². The van der Waals surface area contributed by atoms with Gasteiger partial charge in [0.05, 0.1) is 18.1 Å². The first-order valence-electron chi connectivity index (χ1n) is 7.22. The number of aromatic nitrogens is 2. The van der Waals surface area contributed by atoms with E-state index in [-0.39, 0.29) is 24.0 Å². The van der Waals surface area contributed by atoms with Crippen LogP contribution in [0.25, 0.3) is 0 Å². The van der Waals surface area contributed by atoms with Crippen molar-refractivity contribution in [3.8, 4) is 0 Å². The molecule has 1 aromatic heterocycles. The number of nitrogens with zero attached hydrogens (tertiary/aromatic N) is 1. The summed E-state index contributed by atoms with van der Waals surface area (Å²) in [5, 5.41) is 12.6. The quantitative estimate of drug-likeness (QED) is 0.743. The van der Waals surface area contributed by atoms with Crippen LogP contribution < -0.4 is 5.32 Å². The van der Waals surface area contributed by atoms with E-state index >= 15 is 0 Å². The second-order valence-electron chi connectivity index (χ2n) is 5.78. The SMILES string of the molecule is O=C(NC1CCC(O)CC1)C1CCc2nc[nH]c2C1. The van der Waals surface area contributed by atoms with E-state index in [9.17, 15) is 9.90 Å². The van der Waals surface area contributed by atoms with E-state index in [0.29, 0.717) is 0 Å². The fourth-order valence-electron chi connectivity index (χ4n) is 3.16. The third-order valence-electron chi connectivity index (χ3n) is 4.40. The number of nitrogens with one attached hydrogen (secondary N) is 2. The van der Waals surface area contributed by atoms with Crippen LogP contribution in [-0.4, -0.2) is 33.1 Å². The molecule has 0 aromatic carbocycles. The van der Waals surface area contributed by atoms with Gasteiger partial charge in [-0.3, -0.25) is 4.79 Å². The minimum absolute atomic E-state index is 0.0693. The number of hydrogen-bond donors (Lipinski definition) is 3. The molecule has 0 bridgehead atoms. The van der Waals surface area contributed by atoms with E-state index in [0.717, 1.165) is 56.3 Å². The van der Waals surface area contributed by atoms with Gasteiger partial charge in [-0.1, -0.05) is 0 Å². The van der Waals surface area contributed by atoms with E-state index in [2.05, 4.69) is 15.3 Å². The fourth-order valence-corrected chi connectivity index (χ4v) is 3.16. The minimum atomic E-state index is -0.171. The Kier molecular flexibility index (Phi) is 3.55. The van der Waals surface area contributed by atoms with Gasteiger partial charge in [-0.15, -0.1) is 0 Å². The van der Waals surface area contributed by atoms with Crippen molar-refractivity contribution in [2.45, 2.75) is 57.1 Å². The Labute approximate surface area is 112 Å². The van der Waals surface area contributed by atoms with Gasteiger partial charge in [0.2, 0.25) is 5.91 Å². The molecule has 1 amide bonds. The molecule has 0 spiro atoms. The van der Waals surface area contributed by atoms with Gasteiger partial charge in [0.1, 0.15) is 0 Å². The molecule has 5 heteroatoms. The lowest BCUT2D eigenvalue weighted by atomic mass is 9.88. The molecule has 1 saturated carbocycles. The maximum absolute atomic E-state index is 12.3. The maximum Gasteiger partial charge on any atom is 0.223 e. The summed E-state index contributed by atoms with van der Waals surface area (Å²) < 4.78 is 0. The Morgan fingerprint density at radius 3 is 2.89 bits per heavy atom. The van der Waals surface area contributed by atoms with Crippen LogP contribution in [0.15, 0.2) is 6.33 Å². The number of H-pyrrole nitrogens is 1. The second-order valence-corrected chi connectivity index (χ2v) is 5.78. The molecule has 2 aliphatic carbocycles. The predicted octanol–water partition coefficient (Wildman–Crippen LogP) is 0.934. The number of fused-ring (bicyclic) bond motifs is 1. The number of carbonyl (C=O) groups is 1. The van der Waals surface area contributed by atoms with Gasteiger partial charge >= 0.3 is 0 Å². The van der Waals surface area contributed by atoms with Crippen LogP contribution in [-0.2, 0) is 17.6 Å². The van der Waals surface area contributed by atoms with Gasteiger partial charge in [0, 0.05) is 24.1 Å². The smallest absolute Gasteiger partial charge is 0.223 e. The Hall–Kier alpha value is -1.36. The second kappa shape index (κ2) is 5.33. The van der Waals surface area contributed by atoms with Crippen molar-refractivity contribution in [3.63, 3.8) is 0 Å². The molecule has 1 unspecified atom stereocenters. The standard InChI is InChI=1S/C14H21N3O2/c18-11-4-2-10(3-5-11)17-14(19)9-1-6-12-13(7-9)16-8-15-12/h8-11,18H,1-7H2,(H,15,16)(H,17,19). The molecule has 1 heterocycles. The number of aliphatic hydroxyl groups excluding tert-OH is 1. The number of hydrogen-bond acceptors (Lipinski definition) is 3. The zero-order valence-corrected chi connectivity index (χ0v) is 11.1. The van der Waals surface area contributed by atoms with Crippen LogP contribution in [0, 0.1) is 5.92 Å². The lowest BCUT2D eigenvalue weighted by molar-refractivity contribution is -0.126. The van der Waals surface area contributed by atoms with Gasteiger partial charge in [-0.25, -0.2) is 4.98 Å². The Bertz CT molecular complexity index is 449. The van der Waals surface area contributed by atoms with Crippen LogP contribution >= 0.6 is 0 Å². The van der Waals surface area contributed by atoms with Crippen molar-refractivity contribution in [2.75, 3.05) is 0 Å². The largest absolute Gasteiger partial charge is 0.393 e. The van der Waals surface area contributed by atoms with Crippen molar-refractivity contribution in [2.24, 2.45) is 5.92 Å². The lowest BCUT2D eigenvalue weighted by Crippen LogP contribution is -2.42. The van der Waals surface area contributed by atoms with E-state index < -0.39 is 0 Å². The van der Waals surface area contributed by atoms with Gasteiger partial charge in [-0.05, 0) is 38.5 Å². The molecule has 1 atom stereocenters. The third kappa shape index (κ3) is 2.81. The minimum Gasteiger partial charge on any atom is -0.393 e. The highest BCUT2D eigenvalue weighted by atomic mass is 16.3. The molecule has 3 rings (SSSR count). The number of rotatable bonds is 2. The summed E-state index contributed by atoms with van der Waals surface area (Å²) in [4.78, 5) is 19.7. The number of imidazole rings is 1.